The molecule has 2 aromatic carbocycles. The summed E-state index contributed by atoms with van der Waals surface area (Å²) in [4.78, 5) is 11.8. The van der Waals surface area contributed by atoms with Gasteiger partial charge in [-0.3, -0.25) is 4.79 Å². The lowest BCUT2D eigenvalue weighted by atomic mass is 10.2. The minimum Gasteiger partial charge on any atom is -0.489 e. The number of rotatable bonds is 12. The molecule has 1 heterocycles. The summed E-state index contributed by atoms with van der Waals surface area (Å²) in [6.07, 6.45) is 2.34. The summed E-state index contributed by atoms with van der Waals surface area (Å²) in [5.74, 6) is 1.99. The molecule has 1 amide bonds. The number of furan rings is 1. The maximum atomic E-state index is 11.8. The van der Waals surface area contributed by atoms with E-state index in [2.05, 4.69) is 5.32 Å². The largest absolute Gasteiger partial charge is 0.489 e. The summed E-state index contributed by atoms with van der Waals surface area (Å²) in [6, 6.07) is 20.9. The van der Waals surface area contributed by atoms with Crippen LogP contribution in [0.2, 0.25) is 0 Å². The molecular weight excluding hydrogens is 370 g/mol. The van der Waals surface area contributed by atoms with Crippen LogP contribution in [-0.4, -0.2) is 25.7 Å². The van der Waals surface area contributed by atoms with Crippen molar-refractivity contribution in [3.05, 3.63) is 84.3 Å². The standard InChI is InChI=1S/C23H25NO5/c25-23(24-13-5-14-26-17-22-8-4-15-27-22)18-29-21-11-9-20(10-12-21)28-16-19-6-2-1-3-7-19/h1-4,6-12,15H,5,13-14,16-18H2,(H,24,25). The molecule has 1 aromatic heterocycles. The van der Waals surface area contributed by atoms with E-state index in [0.29, 0.717) is 32.1 Å². The summed E-state index contributed by atoms with van der Waals surface area (Å²) >= 11 is 0. The Bertz CT molecular complexity index is 831. The summed E-state index contributed by atoms with van der Waals surface area (Å²) in [6.45, 7) is 2.00. The molecule has 0 aliphatic carbocycles. The zero-order valence-corrected chi connectivity index (χ0v) is 16.2. The van der Waals surface area contributed by atoms with E-state index in [0.717, 1.165) is 23.5 Å². The molecule has 29 heavy (non-hydrogen) atoms. The normalized spacial score (nSPS) is 10.5. The molecule has 6 nitrogen and oxygen atoms in total. The predicted molar refractivity (Wildman–Crippen MR) is 109 cm³/mol. The third-order valence-electron chi connectivity index (χ3n) is 4.05. The Hall–Kier alpha value is -3.25. The van der Waals surface area contributed by atoms with E-state index in [4.69, 9.17) is 18.6 Å². The first-order chi connectivity index (χ1) is 14.3. The van der Waals surface area contributed by atoms with E-state index >= 15 is 0 Å². The average Bonchev–Trinajstić information content (AvgIpc) is 3.28. The molecule has 0 bridgehead atoms. The van der Waals surface area contributed by atoms with Crippen LogP contribution in [0.1, 0.15) is 17.7 Å². The molecule has 0 aliphatic rings. The number of benzene rings is 2. The maximum Gasteiger partial charge on any atom is 0.257 e. The molecule has 1 N–H and O–H groups in total. The minimum absolute atomic E-state index is 0.0303. The van der Waals surface area contributed by atoms with E-state index in [1.54, 1.807) is 18.4 Å². The second kappa shape index (κ2) is 11.6. The molecule has 0 aliphatic heterocycles. The fourth-order valence-electron chi connectivity index (χ4n) is 2.54. The molecule has 0 unspecified atom stereocenters. The maximum absolute atomic E-state index is 11.8. The van der Waals surface area contributed by atoms with Crippen molar-refractivity contribution in [2.45, 2.75) is 19.6 Å². The second-order valence-electron chi connectivity index (χ2n) is 6.37. The van der Waals surface area contributed by atoms with E-state index in [1.165, 1.54) is 0 Å². The van der Waals surface area contributed by atoms with E-state index in [9.17, 15) is 4.79 Å². The SMILES string of the molecule is O=C(COc1ccc(OCc2ccccc2)cc1)NCCCOCc1ccco1. The first-order valence-corrected chi connectivity index (χ1v) is 9.56. The van der Waals surface area contributed by atoms with Crippen LogP contribution in [0, 0.1) is 0 Å². The lowest BCUT2D eigenvalue weighted by Crippen LogP contribution is -2.30. The van der Waals surface area contributed by atoms with Gasteiger partial charge in [0.1, 0.15) is 30.5 Å². The fraction of sp³-hybridized carbons (Fsp3) is 0.261. The summed E-state index contributed by atoms with van der Waals surface area (Å²) < 4.78 is 21.9. The smallest absolute Gasteiger partial charge is 0.257 e. The van der Waals surface area contributed by atoms with Gasteiger partial charge in [-0.15, -0.1) is 0 Å². The number of carbonyl (C=O) groups excluding carboxylic acids is 1. The first kappa shape index (κ1) is 20.5. The van der Waals surface area contributed by atoms with Crippen LogP contribution >= 0.6 is 0 Å². The molecule has 0 fully saturated rings. The summed E-state index contributed by atoms with van der Waals surface area (Å²) in [5.41, 5.74) is 1.11. The molecule has 0 spiro atoms. The van der Waals surface area contributed by atoms with E-state index in [-0.39, 0.29) is 12.5 Å². The highest BCUT2D eigenvalue weighted by atomic mass is 16.5. The zero-order chi connectivity index (χ0) is 20.2. The molecule has 6 heteroatoms. The minimum atomic E-state index is -0.166. The van der Waals surface area contributed by atoms with Crippen LogP contribution in [0.3, 0.4) is 0 Å². The van der Waals surface area contributed by atoms with Gasteiger partial charge in [-0.2, -0.15) is 0 Å². The number of nitrogens with one attached hydrogen (secondary N) is 1. The van der Waals surface area contributed by atoms with Crippen molar-refractivity contribution in [3.8, 4) is 11.5 Å². The number of amides is 1. The van der Waals surface area contributed by atoms with Crippen molar-refractivity contribution in [1.82, 2.24) is 5.32 Å². The Morgan fingerprint density at radius 3 is 2.34 bits per heavy atom. The Balaban J connectivity index is 1.25. The number of carbonyl (C=O) groups is 1. The molecule has 3 aromatic rings. The van der Waals surface area contributed by atoms with E-state index < -0.39 is 0 Å². The first-order valence-electron chi connectivity index (χ1n) is 9.56. The van der Waals surface area contributed by atoms with Gasteiger partial charge in [0, 0.05) is 13.2 Å². The Morgan fingerprint density at radius 2 is 1.62 bits per heavy atom. The van der Waals surface area contributed by atoms with Crippen LogP contribution in [0.15, 0.2) is 77.4 Å². The molecule has 3 rings (SSSR count). The number of hydrogen-bond donors (Lipinski definition) is 1. The van der Waals surface area contributed by atoms with Crippen LogP contribution < -0.4 is 14.8 Å². The Kier molecular flexibility index (Phi) is 8.17. The van der Waals surface area contributed by atoms with Crippen LogP contribution in [0.25, 0.3) is 0 Å². The molecular formula is C23H25NO5. The summed E-state index contributed by atoms with van der Waals surface area (Å²) in [5, 5.41) is 2.80. The van der Waals surface area contributed by atoms with Crippen LogP contribution in [0.4, 0.5) is 0 Å². The quantitative estimate of drug-likeness (QED) is 0.470. The van der Waals surface area contributed by atoms with Gasteiger partial charge in [0.25, 0.3) is 5.91 Å². The van der Waals surface area contributed by atoms with Gasteiger partial charge in [-0.25, -0.2) is 0 Å². The van der Waals surface area contributed by atoms with Crippen molar-refractivity contribution >= 4 is 5.91 Å². The third kappa shape index (κ3) is 7.71. The number of hydrogen-bond acceptors (Lipinski definition) is 5. The Morgan fingerprint density at radius 1 is 0.862 bits per heavy atom. The highest BCUT2D eigenvalue weighted by Crippen LogP contribution is 2.18. The van der Waals surface area contributed by atoms with Gasteiger partial charge in [0.2, 0.25) is 0 Å². The van der Waals surface area contributed by atoms with Gasteiger partial charge in [-0.1, -0.05) is 30.3 Å². The van der Waals surface area contributed by atoms with Crippen molar-refractivity contribution in [3.63, 3.8) is 0 Å². The van der Waals surface area contributed by atoms with Gasteiger partial charge in [0.05, 0.1) is 6.26 Å². The van der Waals surface area contributed by atoms with Crippen molar-refractivity contribution < 1.29 is 23.4 Å². The second-order valence-corrected chi connectivity index (χ2v) is 6.37. The fourth-order valence-corrected chi connectivity index (χ4v) is 2.54. The van der Waals surface area contributed by atoms with E-state index in [1.807, 2.05) is 54.6 Å². The zero-order valence-electron chi connectivity index (χ0n) is 16.2. The van der Waals surface area contributed by atoms with Crippen molar-refractivity contribution in [1.29, 1.82) is 0 Å². The van der Waals surface area contributed by atoms with Gasteiger partial charge in [-0.05, 0) is 48.4 Å². The molecule has 0 atom stereocenters. The van der Waals surface area contributed by atoms with Crippen molar-refractivity contribution in [2.24, 2.45) is 0 Å². The topological polar surface area (TPSA) is 69.9 Å². The average molecular weight is 395 g/mol. The highest BCUT2D eigenvalue weighted by Gasteiger charge is 2.03. The molecule has 0 radical (unpaired) electrons. The monoisotopic (exact) mass is 395 g/mol. The van der Waals surface area contributed by atoms with Crippen LogP contribution in [0.5, 0.6) is 11.5 Å². The van der Waals surface area contributed by atoms with Gasteiger partial charge in [0.15, 0.2) is 6.61 Å². The molecule has 152 valence electrons. The highest BCUT2D eigenvalue weighted by molar-refractivity contribution is 5.77. The van der Waals surface area contributed by atoms with Gasteiger partial charge >= 0.3 is 0 Å². The third-order valence-corrected chi connectivity index (χ3v) is 4.05. The molecule has 0 saturated heterocycles. The Labute approximate surface area is 170 Å². The van der Waals surface area contributed by atoms with Crippen LogP contribution in [-0.2, 0) is 22.7 Å². The summed E-state index contributed by atoms with van der Waals surface area (Å²) in [7, 11) is 0. The lowest BCUT2D eigenvalue weighted by molar-refractivity contribution is -0.123. The molecule has 0 saturated carbocycles. The van der Waals surface area contributed by atoms with Gasteiger partial charge < -0.3 is 23.9 Å². The predicted octanol–water partition coefficient (Wildman–Crippen LogP) is 3.96. The number of ether oxygens (including phenoxy) is 3. The van der Waals surface area contributed by atoms with Crippen molar-refractivity contribution in [2.75, 3.05) is 19.8 Å². The lowest BCUT2D eigenvalue weighted by Gasteiger charge is -2.09.